The van der Waals surface area contributed by atoms with Gasteiger partial charge in [-0.1, -0.05) is 18.2 Å². The summed E-state index contributed by atoms with van der Waals surface area (Å²) in [7, 11) is 1.71. The average Bonchev–Trinajstić information content (AvgIpc) is 2.71. The molecule has 1 atom stereocenters. The molecule has 0 spiro atoms. The van der Waals surface area contributed by atoms with Gasteiger partial charge in [0.15, 0.2) is 5.96 Å². The SMILES string of the molecule is CN=C(NCCCOc1ccc(F)cc1)NCC1CC(=O)Nc2ccccc21. The van der Waals surface area contributed by atoms with E-state index in [9.17, 15) is 9.18 Å². The number of nitrogens with one attached hydrogen (secondary N) is 3. The summed E-state index contributed by atoms with van der Waals surface area (Å²) in [5.41, 5.74) is 2.02. The minimum atomic E-state index is -0.276. The van der Waals surface area contributed by atoms with Gasteiger partial charge in [-0.05, 0) is 42.3 Å². The lowest BCUT2D eigenvalue weighted by Gasteiger charge is -2.26. The summed E-state index contributed by atoms with van der Waals surface area (Å²) < 4.78 is 18.4. The van der Waals surface area contributed by atoms with E-state index in [0.29, 0.717) is 37.8 Å². The van der Waals surface area contributed by atoms with Crippen LogP contribution in [-0.4, -0.2) is 38.6 Å². The molecule has 0 aromatic heterocycles. The lowest BCUT2D eigenvalue weighted by molar-refractivity contribution is -0.116. The number of carbonyl (C=O) groups is 1. The predicted molar refractivity (Wildman–Crippen MR) is 108 cm³/mol. The zero-order valence-electron chi connectivity index (χ0n) is 15.9. The summed E-state index contributed by atoms with van der Waals surface area (Å²) in [6.07, 6.45) is 1.22. The topological polar surface area (TPSA) is 74.8 Å². The Bertz CT molecular complexity index is 823. The van der Waals surface area contributed by atoms with Crippen LogP contribution in [0.1, 0.15) is 24.3 Å². The molecule has 0 radical (unpaired) electrons. The first kappa shape index (κ1) is 19.7. The van der Waals surface area contributed by atoms with E-state index in [1.54, 1.807) is 19.2 Å². The van der Waals surface area contributed by atoms with Gasteiger partial charge in [0.25, 0.3) is 0 Å². The number of hydrogen-bond acceptors (Lipinski definition) is 3. The highest BCUT2D eigenvalue weighted by molar-refractivity contribution is 5.94. The van der Waals surface area contributed by atoms with E-state index in [1.165, 1.54) is 12.1 Å². The quantitative estimate of drug-likeness (QED) is 0.390. The summed E-state index contributed by atoms with van der Waals surface area (Å²) in [5, 5.41) is 9.44. The van der Waals surface area contributed by atoms with Crippen LogP contribution in [0.25, 0.3) is 0 Å². The van der Waals surface area contributed by atoms with Crippen LogP contribution in [-0.2, 0) is 4.79 Å². The van der Waals surface area contributed by atoms with E-state index in [1.807, 2.05) is 24.3 Å². The van der Waals surface area contributed by atoms with Crippen LogP contribution >= 0.6 is 0 Å². The maximum Gasteiger partial charge on any atom is 0.225 e. The van der Waals surface area contributed by atoms with E-state index in [2.05, 4.69) is 20.9 Å². The van der Waals surface area contributed by atoms with E-state index in [4.69, 9.17) is 4.74 Å². The van der Waals surface area contributed by atoms with Crippen molar-refractivity contribution in [3.63, 3.8) is 0 Å². The molecule has 6 nitrogen and oxygen atoms in total. The lowest BCUT2D eigenvalue weighted by atomic mass is 9.90. The Labute approximate surface area is 164 Å². The number of halogens is 1. The molecule has 0 bridgehead atoms. The zero-order chi connectivity index (χ0) is 19.8. The molecule has 1 aliphatic heterocycles. The Kier molecular flexibility index (Phi) is 6.84. The molecular formula is C21H25FN4O2. The summed E-state index contributed by atoms with van der Waals surface area (Å²) >= 11 is 0. The van der Waals surface area contributed by atoms with Gasteiger partial charge in [0.2, 0.25) is 5.91 Å². The Morgan fingerprint density at radius 3 is 2.79 bits per heavy atom. The smallest absolute Gasteiger partial charge is 0.225 e. The number of carbonyl (C=O) groups excluding carboxylic acids is 1. The highest BCUT2D eigenvalue weighted by atomic mass is 19.1. The van der Waals surface area contributed by atoms with E-state index >= 15 is 0 Å². The molecule has 0 fully saturated rings. The monoisotopic (exact) mass is 384 g/mol. The van der Waals surface area contributed by atoms with Crippen molar-refractivity contribution in [1.29, 1.82) is 0 Å². The Balaban J connectivity index is 1.40. The second kappa shape index (κ2) is 9.73. The van der Waals surface area contributed by atoms with Crippen LogP contribution in [0.3, 0.4) is 0 Å². The van der Waals surface area contributed by atoms with Crippen LogP contribution in [0.5, 0.6) is 5.75 Å². The number of ether oxygens (including phenoxy) is 1. The lowest BCUT2D eigenvalue weighted by Crippen LogP contribution is -2.41. The zero-order valence-corrected chi connectivity index (χ0v) is 15.9. The molecule has 0 aliphatic carbocycles. The Morgan fingerprint density at radius 2 is 2.00 bits per heavy atom. The third-order valence-corrected chi connectivity index (χ3v) is 4.54. The summed E-state index contributed by atoms with van der Waals surface area (Å²) in [6, 6.07) is 13.9. The first-order valence-electron chi connectivity index (χ1n) is 9.37. The van der Waals surface area contributed by atoms with Crippen molar-refractivity contribution in [2.75, 3.05) is 32.1 Å². The molecule has 2 aromatic rings. The maximum atomic E-state index is 12.9. The summed E-state index contributed by atoms with van der Waals surface area (Å²) in [5.74, 6) is 1.20. The number of anilines is 1. The van der Waals surface area contributed by atoms with Crippen molar-refractivity contribution in [1.82, 2.24) is 10.6 Å². The number of aliphatic imine (C=N–C) groups is 1. The van der Waals surface area contributed by atoms with Crippen LogP contribution < -0.4 is 20.7 Å². The van der Waals surface area contributed by atoms with Crippen molar-refractivity contribution in [3.8, 4) is 5.75 Å². The highest BCUT2D eigenvalue weighted by Crippen LogP contribution is 2.31. The van der Waals surface area contributed by atoms with Crippen LogP contribution in [0, 0.1) is 5.82 Å². The number of benzene rings is 2. The minimum absolute atomic E-state index is 0.0337. The standard InChI is InChI=1S/C21H25FN4O2/c1-23-21(24-11-4-12-28-17-9-7-16(22)8-10-17)25-14-15-13-20(27)26-19-6-3-2-5-18(15)19/h2-3,5-10,15H,4,11-14H2,1H3,(H,26,27)(H2,23,24,25). The van der Waals surface area contributed by atoms with E-state index in [-0.39, 0.29) is 17.6 Å². The number of hydrogen-bond donors (Lipinski definition) is 3. The molecule has 0 saturated heterocycles. The molecule has 2 aromatic carbocycles. The third-order valence-electron chi connectivity index (χ3n) is 4.54. The number of para-hydroxylation sites is 1. The fraction of sp³-hybridized carbons (Fsp3) is 0.333. The molecule has 1 heterocycles. The first-order chi connectivity index (χ1) is 13.7. The molecular weight excluding hydrogens is 359 g/mol. The van der Waals surface area contributed by atoms with Crippen molar-refractivity contribution < 1.29 is 13.9 Å². The molecule has 1 unspecified atom stereocenters. The number of amides is 1. The number of rotatable bonds is 7. The van der Waals surface area contributed by atoms with Crippen molar-refractivity contribution >= 4 is 17.6 Å². The second-order valence-corrected chi connectivity index (χ2v) is 6.57. The van der Waals surface area contributed by atoms with Gasteiger partial charge in [0.1, 0.15) is 11.6 Å². The molecule has 0 saturated carbocycles. The van der Waals surface area contributed by atoms with E-state index < -0.39 is 0 Å². The molecule has 7 heteroatoms. The van der Waals surface area contributed by atoms with Crippen LogP contribution in [0.15, 0.2) is 53.5 Å². The van der Waals surface area contributed by atoms with Gasteiger partial charge in [-0.15, -0.1) is 0 Å². The summed E-state index contributed by atoms with van der Waals surface area (Å²) in [4.78, 5) is 16.1. The maximum absolute atomic E-state index is 12.9. The number of nitrogens with zero attached hydrogens (tertiary/aromatic N) is 1. The highest BCUT2D eigenvalue weighted by Gasteiger charge is 2.24. The molecule has 148 valence electrons. The minimum Gasteiger partial charge on any atom is -0.494 e. The molecule has 1 amide bonds. The first-order valence-corrected chi connectivity index (χ1v) is 9.37. The number of guanidine groups is 1. The van der Waals surface area contributed by atoms with E-state index in [0.717, 1.165) is 17.7 Å². The van der Waals surface area contributed by atoms with Crippen molar-refractivity contribution in [2.24, 2.45) is 4.99 Å². The largest absolute Gasteiger partial charge is 0.494 e. The molecule has 28 heavy (non-hydrogen) atoms. The second-order valence-electron chi connectivity index (χ2n) is 6.57. The molecule has 3 rings (SSSR count). The average molecular weight is 384 g/mol. The van der Waals surface area contributed by atoms with Crippen LogP contribution in [0.2, 0.25) is 0 Å². The van der Waals surface area contributed by atoms with Crippen LogP contribution in [0.4, 0.5) is 10.1 Å². The van der Waals surface area contributed by atoms with Gasteiger partial charge in [0, 0.05) is 38.2 Å². The van der Waals surface area contributed by atoms with Gasteiger partial charge in [-0.3, -0.25) is 9.79 Å². The van der Waals surface area contributed by atoms with Gasteiger partial charge in [-0.25, -0.2) is 4.39 Å². The fourth-order valence-electron chi connectivity index (χ4n) is 3.12. The van der Waals surface area contributed by atoms with Crippen molar-refractivity contribution in [2.45, 2.75) is 18.8 Å². The normalized spacial score (nSPS) is 16.1. The predicted octanol–water partition coefficient (Wildman–Crippen LogP) is 2.89. The fourth-order valence-corrected chi connectivity index (χ4v) is 3.12. The van der Waals surface area contributed by atoms with Gasteiger partial charge in [0.05, 0.1) is 6.61 Å². The summed E-state index contributed by atoms with van der Waals surface area (Å²) in [6.45, 7) is 1.82. The van der Waals surface area contributed by atoms with Gasteiger partial charge in [-0.2, -0.15) is 0 Å². The van der Waals surface area contributed by atoms with Crippen molar-refractivity contribution in [3.05, 3.63) is 59.9 Å². The van der Waals surface area contributed by atoms with Gasteiger partial charge < -0.3 is 20.7 Å². The molecule has 1 aliphatic rings. The Hall–Kier alpha value is -3.09. The third kappa shape index (κ3) is 5.45. The Morgan fingerprint density at radius 1 is 1.21 bits per heavy atom. The van der Waals surface area contributed by atoms with Gasteiger partial charge >= 0.3 is 0 Å². The number of fused-ring (bicyclic) bond motifs is 1. The molecule has 3 N–H and O–H groups in total.